The topological polar surface area (TPSA) is 66.6 Å². The molecule has 5 nitrogen and oxygen atoms in total. The Morgan fingerprint density at radius 3 is 2.69 bits per heavy atom. The molecule has 0 aliphatic heterocycles. The minimum Gasteiger partial charge on any atom is -0.474 e. The molecule has 5 heteroatoms. The fraction of sp³-hybridized carbons (Fsp3) is 0.545. The molecular weight excluding hydrogens is 208 g/mol. The van der Waals surface area contributed by atoms with Crippen LogP contribution < -0.4 is 10.5 Å². The summed E-state index contributed by atoms with van der Waals surface area (Å²) in [6.07, 6.45) is 0. The molecule has 0 aliphatic rings. The number of aryl methyl sites for hydroxylation is 1. The van der Waals surface area contributed by atoms with Gasteiger partial charge in [-0.05, 0) is 19.1 Å². The van der Waals surface area contributed by atoms with Crippen LogP contribution in [0.1, 0.15) is 5.69 Å². The molecule has 0 saturated carbocycles. The number of nitrogen functional groups attached to an aromatic ring is 1. The molecule has 0 atom stereocenters. The normalized spacial score (nSPS) is 10.4. The van der Waals surface area contributed by atoms with Crippen LogP contribution >= 0.6 is 0 Å². The van der Waals surface area contributed by atoms with Crippen LogP contribution in [-0.2, 0) is 9.47 Å². The van der Waals surface area contributed by atoms with Crippen LogP contribution in [0.3, 0.4) is 0 Å². The van der Waals surface area contributed by atoms with E-state index >= 15 is 0 Å². The standard InChI is InChI=1S/C11H18N2O3/c1-9-3-4-10(12)11(13-9)16-8-7-15-6-5-14-2/h3-4H,5-8,12H2,1-2H3. The van der Waals surface area contributed by atoms with Gasteiger partial charge in [0.1, 0.15) is 6.61 Å². The molecule has 0 aliphatic carbocycles. The van der Waals surface area contributed by atoms with Crippen molar-refractivity contribution < 1.29 is 14.2 Å². The summed E-state index contributed by atoms with van der Waals surface area (Å²) in [4.78, 5) is 4.18. The Kier molecular flexibility index (Phi) is 5.60. The summed E-state index contributed by atoms with van der Waals surface area (Å²) in [7, 11) is 1.64. The maximum absolute atomic E-state index is 5.70. The summed E-state index contributed by atoms with van der Waals surface area (Å²) >= 11 is 0. The zero-order valence-corrected chi connectivity index (χ0v) is 9.73. The van der Waals surface area contributed by atoms with Crippen molar-refractivity contribution in [3.05, 3.63) is 17.8 Å². The highest BCUT2D eigenvalue weighted by molar-refractivity contribution is 5.48. The van der Waals surface area contributed by atoms with E-state index in [1.807, 2.05) is 13.0 Å². The van der Waals surface area contributed by atoms with E-state index in [1.165, 1.54) is 0 Å². The van der Waals surface area contributed by atoms with Crippen LogP contribution in [0.25, 0.3) is 0 Å². The molecule has 90 valence electrons. The maximum Gasteiger partial charge on any atom is 0.237 e. The van der Waals surface area contributed by atoms with E-state index in [4.69, 9.17) is 19.9 Å². The fourth-order valence-corrected chi connectivity index (χ4v) is 1.10. The predicted octanol–water partition coefficient (Wildman–Crippen LogP) is 1.01. The first-order valence-electron chi connectivity index (χ1n) is 5.16. The summed E-state index contributed by atoms with van der Waals surface area (Å²) in [5, 5.41) is 0. The van der Waals surface area contributed by atoms with E-state index in [-0.39, 0.29) is 0 Å². The van der Waals surface area contributed by atoms with Crippen molar-refractivity contribution in [3.63, 3.8) is 0 Å². The number of pyridine rings is 1. The first kappa shape index (κ1) is 12.7. The smallest absolute Gasteiger partial charge is 0.237 e. The lowest BCUT2D eigenvalue weighted by Crippen LogP contribution is -2.11. The van der Waals surface area contributed by atoms with E-state index in [0.717, 1.165) is 5.69 Å². The second kappa shape index (κ2) is 7.03. The van der Waals surface area contributed by atoms with Crippen LogP contribution in [0.4, 0.5) is 5.69 Å². The number of nitrogens with two attached hydrogens (primary N) is 1. The van der Waals surface area contributed by atoms with Crippen LogP contribution in [0.15, 0.2) is 12.1 Å². The highest BCUT2D eigenvalue weighted by Crippen LogP contribution is 2.17. The fourth-order valence-electron chi connectivity index (χ4n) is 1.10. The van der Waals surface area contributed by atoms with Crippen molar-refractivity contribution in [1.82, 2.24) is 4.98 Å². The van der Waals surface area contributed by atoms with Gasteiger partial charge in [0.05, 0.1) is 25.5 Å². The van der Waals surface area contributed by atoms with Crippen molar-refractivity contribution in [3.8, 4) is 5.88 Å². The predicted molar refractivity (Wildman–Crippen MR) is 61.6 cm³/mol. The molecule has 0 radical (unpaired) electrons. The molecule has 0 aromatic carbocycles. The van der Waals surface area contributed by atoms with Gasteiger partial charge in [0.15, 0.2) is 0 Å². The molecule has 16 heavy (non-hydrogen) atoms. The van der Waals surface area contributed by atoms with Crippen LogP contribution in [0.2, 0.25) is 0 Å². The van der Waals surface area contributed by atoms with Gasteiger partial charge in [0.25, 0.3) is 0 Å². The van der Waals surface area contributed by atoms with Crippen molar-refractivity contribution in [1.29, 1.82) is 0 Å². The quantitative estimate of drug-likeness (QED) is 0.703. The molecule has 0 fully saturated rings. The minimum atomic E-state index is 0.435. The third kappa shape index (κ3) is 4.46. The SMILES string of the molecule is COCCOCCOc1nc(C)ccc1N. The van der Waals surface area contributed by atoms with Crippen molar-refractivity contribution in [2.75, 3.05) is 39.3 Å². The monoisotopic (exact) mass is 226 g/mol. The van der Waals surface area contributed by atoms with Gasteiger partial charge in [0, 0.05) is 12.8 Å². The van der Waals surface area contributed by atoms with Crippen molar-refractivity contribution in [2.24, 2.45) is 0 Å². The van der Waals surface area contributed by atoms with Gasteiger partial charge < -0.3 is 19.9 Å². The highest BCUT2D eigenvalue weighted by atomic mass is 16.5. The number of ether oxygens (including phenoxy) is 3. The lowest BCUT2D eigenvalue weighted by atomic mass is 10.3. The molecule has 0 spiro atoms. The van der Waals surface area contributed by atoms with Gasteiger partial charge in [-0.25, -0.2) is 4.98 Å². The number of nitrogens with zero attached hydrogens (tertiary/aromatic N) is 1. The summed E-state index contributed by atoms with van der Waals surface area (Å²) in [5.41, 5.74) is 7.13. The lowest BCUT2D eigenvalue weighted by molar-refractivity contribution is 0.0538. The third-order valence-electron chi connectivity index (χ3n) is 1.93. The molecule has 0 bridgehead atoms. The largest absolute Gasteiger partial charge is 0.474 e. The van der Waals surface area contributed by atoms with Gasteiger partial charge in [-0.3, -0.25) is 0 Å². The first-order valence-corrected chi connectivity index (χ1v) is 5.16. The van der Waals surface area contributed by atoms with Gasteiger partial charge in [-0.1, -0.05) is 0 Å². The number of anilines is 1. The Morgan fingerprint density at radius 1 is 1.19 bits per heavy atom. The number of rotatable bonds is 7. The van der Waals surface area contributed by atoms with Gasteiger partial charge in [0.2, 0.25) is 5.88 Å². The summed E-state index contributed by atoms with van der Waals surface area (Å²) < 4.78 is 15.5. The Morgan fingerprint density at radius 2 is 1.94 bits per heavy atom. The molecule has 0 unspecified atom stereocenters. The zero-order valence-electron chi connectivity index (χ0n) is 9.73. The van der Waals surface area contributed by atoms with E-state index in [9.17, 15) is 0 Å². The summed E-state index contributed by atoms with van der Waals surface area (Å²) in [6, 6.07) is 3.63. The van der Waals surface area contributed by atoms with Crippen LogP contribution in [-0.4, -0.2) is 38.5 Å². The average molecular weight is 226 g/mol. The van der Waals surface area contributed by atoms with Crippen molar-refractivity contribution >= 4 is 5.69 Å². The van der Waals surface area contributed by atoms with E-state index < -0.39 is 0 Å². The van der Waals surface area contributed by atoms with E-state index in [2.05, 4.69) is 4.98 Å². The molecule has 0 amide bonds. The molecule has 1 aromatic heterocycles. The third-order valence-corrected chi connectivity index (χ3v) is 1.93. The highest BCUT2D eigenvalue weighted by Gasteiger charge is 2.01. The Hall–Kier alpha value is -1.33. The summed E-state index contributed by atoms with van der Waals surface area (Å²) in [5.74, 6) is 0.468. The molecule has 1 aromatic rings. The zero-order chi connectivity index (χ0) is 11.8. The van der Waals surface area contributed by atoms with Gasteiger partial charge >= 0.3 is 0 Å². The minimum absolute atomic E-state index is 0.435. The number of hydrogen-bond donors (Lipinski definition) is 1. The molecular formula is C11H18N2O3. The van der Waals surface area contributed by atoms with Crippen molar-refractivity contribution in [2.45, 2.75) is 6.92 Å². The Bertz CT molecular complexity index is 318. The second-order valence-electron chi connectivity index (χ2n) is 3.30. The Balaban J connectivity index is 2.23. The van der Waals surface area contributed by atoms with E-state index in [1.54, 1.807) is 13.2 Å². The lowest BCUT2D eigenvalue weighted by Gasteiger charge is -2.08. The second-order valence-corrected chi connectivity index (χ2v) is 3.30. The Labute approximate surface area is 95.5 Å². The molecule has 1 rings (SSSR count). The molecule has 0 saturated heterocycles. The average Bonchev–Trinajstić information content (AvgIpc) is 2.28. The first-order chi connectivity index (χ1) is 7.74. The number of methoxy groups -OCH3 is 1. The molecule has 1 heterocycles. The van der Waals surface area contributed by atoms with Gasteiger partial charge in [-0.15, -0.1) is 0 Å². The number of hydrogen-bond acceptors (Lipinski definition) is 5. The van der Waals surface area contributed by atoms with E-state index in [0.29, 0.717) is 38.0 Å². The van der Waals surface area contributed by atoms with Crippen LogP contribution in [0, 0.1) is 6.92 Å². The summed E-state index contributed by atoms with van der Waals surface area (Å²) in [6.45, 7) is 3.98. The van der Waals surface area contributed by atoms with Gasteiger partial charge in [-0.2, -0.15) is 0 Å². The maximum atomic E-state index is 5.70. The number of aromatic nitrogens is 1. The van der Waals surface area contributed by atoms with Crippen LogP contribution in [0.5, 0.6) is 5.88 Å². The molecule has 2 N–H and O–H groups in total.